The number of fused-ring (bicyclic) bond motifs is 3. The third-order valence-corrected chi connectivity index (χ3v) is 7.73. The molecule has 1 saturated heterocycles. The van der Waals surface area contributed by atoms with E-state index in [-0.39, 0.29) is 39.4 Å². The fourth-order valence-corrected chi connectivity index (χ4v) is 5.46. The van der Waals surface area contributed by atoms with E-state index in [1.54, 1.807) is 23.1 Å². The summed E-state index contributed by atoms with van der Waals surface area (Å²) >= 11 is 0. The summed E-state index contributed by atoms with van der Waals surface area (Å²) in [5.74, 6) is -3.99. The summed E-state index contributed by atoms with van der Waals surface area (Å²) in [6.07, 6.45) is 0. The summed E-state index contributed by atoms with van der Waals surface area (Å²) in [6, 6.07) is 14.5. The number of benzene rings is 4. The second-order valence-electron chi connectivity index (χ2n) is 10.5. The first-order chi connectivity index (χ1) is 20.6. The molecule has 4 aromatic carbocycles. The second kappa shape index (κ2) is 10.9. The molecule has 0 unspecified atom stereocenters. The van der Waals surface area contributed by atoms with Gasteiger partial charge in [-0.2, -0.15) is 0 Å². The van der Waals surface area contributed by atoms with Gasteiger partial charge >= 0.3 is 0 Å². The van der Waals surface area contributed by atoms with Gasteiger partial charge in [-0.15, -0.1) is 0 Å². The summed E-state index contributed by atoms with van der Waals surface area (Å²) in [5, 5.41) is 3.31. The summed E-state index contributed by atoms with van der Waals surface area (Å²) in [5.41, 5.74) is 6.70. The highest BCUT2D eigenvalue weighted by atomic mass is 19.1. The Hall–Kier alpha value is -5.16. The zero-order valence-electron chi connectivity index (χ0n) is 23.0. The largest absolute Gasteiger partial charge is 0.366 e. The maximum absolute atomic E-state index is 15.6. The number of primary amides is 1. The molecule has 0 saturated carbocycles. The van der Waals surface area contributed by atoms with E-state index < -0.39 is 29.3 Å². The second-order valence-corrected chi connectivity index (χ2v) is 10.5. The van der Waals surface area contributed by atoms with Gasteiger partial charge in [0.25, 0.3) is 17.7 Å². The third kappa shape index (κ3) is 5.19. The fourth-order valence-electron chi connectivity index (χ4n) is 5.46. The van der Waals surface area contributed by atoms with Crippen LogP contribution < -0.4 is 11.1 Å². The van der Waals surface area contributed by atoms with Crippen LogP contribution in [0, 0.1) is 17.5 Å². The van der Waals surface area contributed by atoms with Crippen LogP contribution in [0.3, 0.4) is 0 Å². The molecule has 1 aliphatic heterocycles. The van der Waals surface area contributed by atoms with Gasteiger partial charge in [-0.1, -0.05) is 12.1 Å². The third-order valence-electron chi connectivity index (χ3n) is 7.73. The minimum absolute atomic E-state index is 0.110. The highest BCUT2D eigenvalue weighted by Gasteiger charge is 2.24. The van der Waals surface area contributed by atoms with Crippen molar-refractivity contribution in [3.8, 4) is 11.1 Å². The van der Waals surface area contributed by atoms with Gasteiger partial charge in [0.15, 0.2) is 0 Å². The first-order valence-electron chi connectivity index (χ1n) is 13.5. The SMILES string of the molecule is CN1CCN(C(=O)c2ccc3c(c2)[nH]c2c(C(N)=O)ccc(-c4c(F)cc(NC(=O)c5ccc(F)cc5)cc4F)c23)CC1. The lowest BCUT2D eigenvalue weighted by molar-refractivity contribution is 0.0664. The molecule has 5 aromatic rings. The van der Waals surface area contributed by atoms with Crippen LogP contribution in [0.5, 0.6) is 0 Å². The normalized spacial score (nSPS) is 13.9. The molecular weight excluding hydrogens is 559 g/mol. The number of hydrogen-bond donors (Lipinski definition) is 3. The predicted molar refractivity (Wildman–Crippen MR) is 157 cm³/mol. The first kappa shape index (κ1) is 28.0. The number of amides is 3. The summed E-state index contributed by atoms with van der Waals surface area (Å²) in [4.78, 5) is 45.1. The average molecular weight is 586 g/mol. The predicted octanol–water partition coefficient (Wildman–Crippen LogP) is 5.14. The number of nitrogens with one attached hydrogen (secondary N) is 2. The standard InChI is InChI=1S/C32H26F3N5O3/c1-39-10-12-40(13-11-39)32(43)18-4-7-21-26(14-18)38-29-23(30(36)41)9-8-22(27(21)29)28-24(34)15-20(16-25(28)35)37-31(42)17-2-5-19(33)6-3-17/h2-9,14-16,38H,10-13H2,1H3,(H2,36,41)(H,37,42). The molecule has 0 atom stereocenters. The van der Waals surface area contributed by atoms with Crippen LogP contribution in [-0.2, 0) is 0 Å². The zero-order chi connectivity index (χ0) is 30.4. The Morgan fingerprint density at radius 1 is 0.837 bits per heavy atom. The Labute approximate surface area is 243 Å². The highest BCUT2D eigenvalue weighted by Crippen LogP contribution is 2.39. The van der Waals surface area contributed by atoms with Crippen molar-refractivity contribution < 1.29 is 27.6 Å². The van der Waals surface area contributed by atoms with Gasteiger partial charge in [-0.05, 0) is 67.2 Å². The number of aromatic amines is 1. The van der Waals surface area contributed by atoms with Crippen LogP contribution in [0.15, 0.2) is 66.7 Å². The van der Waals surface area contributed by atoms with Gasteiger partial charge in [-0.3, -0.25) is 14.4 Å². The van der Waals surface area contributed by atoms with Gasteiger partial charge in [0.05, 0.1) is 16.6 Å². The first-order valence-corrected chi connectivity index (χ1v) is 13.5. The van der Waals surface area contributed by atoms with E-state index in [0.29, 0.717) is 34.9 Å². The Morgan fingerprint density at radius 2 is 1.49 bits per heavy atom. The molecule has 3 amide bonds. The average Bonchev–Trinajstić information content (AvgIpc) is 3.36. The number of nitrogens with zero attached hydrogens (tertiary/aromatic N) is 2. The van der Waals surface area contributed by atoms with Crippen molar-refractivity contribution in [3.05, 3.63) is 101 Å². The van der Waals surface area contributed by atoms with Crippen molar-refractivity contribution in [2.45, 2.75) is 0 Å². The van der Waals surface area contributed by atoms with Crippen molar-refractivity contribution in [1.82, 2.24) is 14.8 Å². The summed E-state index contributed by atoms with van der Waals surface area (Å²) in [6.45, 7) is 2.71. The number of nitrogens with two attached hydrogens (primary N) is 1. The number of anilines is 1. The number of hydrogen-bond acceptors (Lipinski definition) is 4. The van der Waals surface area contributed by atoms with Crippen LogP contribution in [0.1, 0.15) is 31.1 Å². The number of H-pyrrole nitrogens is 1. The molecule has 0 spiro atoms. The number of carbonyl (C=O) groups is 3. The molecule has 11 heteroatoms. The minimum Gasteiger partial charge on any atom is -0.366 e. The fraction of sp³-hybridized carbons (Fsp3) is 0.156. The van der Waals surface area contributed by atoms with Gasteiger partial charge in [0.1, 0.15) is 17.5 Å². The molecule has 1 fully saturated rings. The smallest absolute Gasteiger partial charge is 0.255 e. The van der Waals surface area contributed by atoms with Crippen LogP contribution in [-0.4, -0.2) is 65.7 Å². The molecule has 8 nitrogen and oxygen atoms in total. The number of carbonyl (C=O) groups excluding carboxylic acids is 3. The van der Waals surface area contributed by atoms with Crippen molar-refractivity contribution in [3.63, 3.8) is 0 Å². The molecule has 43 heavy (non-hydrogen) atoms. The zero-order valence-corrected chi connectivity index (χ0v) is 23.0. The van der Waals surface area contributed by atoms with Gasteiger partial charge < -0.3 is 25.8 Å². The monoisotopic (exact) mass is 585 g/mol. The van der Waals surface area contributed by atoms with Crippen LogP contribution in [0.2, 0.25) is 0 Å². The van der Waals surface area contributed by atoms with Crippen LogP contribution in [0.4, 0.5) is 18.9 Å². The number of halogens is 3. The van der Waals surface area contributed by atoms with Crippen LogP contribution >= 0.6 is 0 Å². The van der Waals surface area contributed by atoms with Crippen molar-refractivity contribution in [2.24, 2.45) is 5.73 Å². The number of rotatable bonds is 5. The van der Waals surface area contributed by atoms with E-state index in [4.69, 9.17) is 5.73 Å². The summed E-state index contributed by atoms with van der Waals surface area (Å²) in [7, 11) is 2.00. The molecule has 0 aliphatic carbocycles. The lowest BCUT2D eigenvalue weighted by Crippen LogP contribution is -2.47. The lowest BCUT2D eigenvalue weighted by Gasteiger charge is -2.32. The number of piperazine rings is 1. The topological polar surface area (TPSA) is 112 Å². The molecule has 6 rings (SSSR count). The van der Waals surface area contributed by atoms with E-state index in [2.05, 4.69) is 15.2 Å². The molecule has 1 aromatic heterocycles. The summed E-state index contributed by atoms with van der Waals surface area (Å²) < 4.78 is 44.4. The molecule has 4 N–H and O–H groups in total. The number of likely N-dealkylation sites (N-methyl/N-ethyl adjacent to an activating group) is 1. The molecular formula is C32H26F3N5O3. The molecule has 0 radical (unpaired) electrons. The highest BCUT2D eigenvalue weighted by molar-refractivity contribution is 6.20. The van der Waals surface area contributed by atoms with Crippen LogP contribution in [0.25, 0.3) is 32.9 Å². The maximum Gasteiger partial charge on any atom is 0.255 e. The van der Waals surface area contributed by atoms with Crippen molar-refractivity contribution in [2.75, 3.05) is 38.5 Å². The Bertz CT molecular complexity index is 1910. The maximum atomic E-state index is 15.6. The lowest BCUT2D eigenvalue weighted by atomic mass is 9.95. The molecule has 1 aliphatic rings. The number of aromatic nitrogens is 1. The Morgan fingerprint density at radius 3 is 2.14 bits per heavy atom. The molecule has 2 heterocycles. The minimum atomic E-state index is -0.959. The van der Waals surface area contributed by atoms with E-state index in [9.17, 15) is 18.8 Å². The van der Waals surface area contributed by atoms with Crippen molar-refractivity contribution in [1.29, 1.82) is 0 Å². The van der Waals surface area contributed by atoms with Gasteiger partial charge in [-0.25, -0.2) is 13.2 Å². The van der Waals surface area contributed by atoms with Crippen molar-refractivity contribution >= 4 is 45.2 Å². The molecule has 0 bridgehead atoms. The van der Waals surface area contributed by atoms with E-state index in [1.165, 1.54) is 24.3 Å². The quantitative estimate of drug-likeness (QED) is 0.265. The van der Waals surface area contributed by atoms with E-state index >= 15 is 8.78 Å². The van der Waals surface area contributed by atoms with E-state index in [1.807, 2.05) is 7.05 Å². The Kier molecular flexibility index (Phi) is 7.10. The van der Waals surface area contributed by atoms with Gasteiger partial charge in [0, 0.05) is 59.3 Å². The Balaban J connectivity index is 1.42. The van der Waals surface area contributed by atoms with E-state index in [0.717, 1.165) is 37.4 Å². The van der Waals surface area contributed by atoms with Gasteiger partial charge in [0.2, 0.25) is 0 Å². The molecule has 218 valence electrons.